The molecule has 0 bridgehead atoms. The van der Waals surface area contributed by atoms with Crippen LogP contribution in [0, 0.1) is 0 Å². The molecule has 0 saturated heterocycles. The smallest absolute Gasteiger partial charge is 0.232 e. The molecule has 18 heavy (non-hydrogen) atoms. The fourth-order valence-electron chi connectivity index (χ4n) is 1.60. The predicted molar refractivity (Wildman–Crippen MR) is 76.1 cm³/mol. The molecule has 4 nitrogen and oxygen atoms in total. The van der Waals surface area contributed by atoms with E-state index in [2.05, 4.69) is 17.0 Å². The van der Waals surface area contributed by atoms with Crippen LogP contribution in [0.3, 0.4) is 0 Å². The summed E-state index contributed by atoms with van der Waals surface area (Å²) in [5, 5.41) is 3.30. The van der Waals surface area contributed by atoms with Crippen molar-refractivity contribution in [2.24, 2.45) is 0 Å². The monoisotopic (exact) mass is 270 g/mol. The van der Waals surface area contributed by atoms with Crippen molar-refractivity contribution in [2.75, 3.05) is 17.0 Å². The molecule has 2 N–H and O–H groups in total. The van der Waals surface area contributed by atoms with E-state index in [4.69, 9.17) is 0 Å². The number of hydrogen-bond acceptors (Lipinski definition) is 3. The van der Waals surface area contributed by atoms with Crippen LogP contribution in [-0.4, -0.2) is 20.7 Å². The highest BCUT2D eigenvalue weighted by Gasteiger charge is 2.08. The Morgan fingerprint density at radius 2 is 1.72 bits per heavy atom. The third kappa shape index (κ3) is 5.51. The highest BCUT2D eigenvalue weighted by Crippen LogP contribution is 2.11. The molecule has 0 radical (unpaired) electrons. The van der Waals surface area contributed by atoms with Crippen molar-refractivity contribution in [3.05, 3.63) is 29.8 Å². The second-order valence-electron chi connectivity index (χ2n) is 4.29. The Kier molecular flexibility index (Phi) is 6.15. The number of sulfonamides is 1. The first kappa shape index (κ1) is 15.0. The number of anilines is 1. The van der Waals surface area contributed by atoms with Gasteiger partial charge in [0.2, 0.25) is 10.0 Å². The molecule has 0 aromatic heterocycles. The van der Waals surface area contributed by atoms with Crippen LogP contribution in [0.25, 0.3) is 0 Å². The Hall–Kier alpha value is -1.07. The van der Waals surface area contributed by atoms with Gasteiger partial charge in [0.05, 0.1) is 5.75 Å². The fraction of sp³-hybridized carbons (Fsp3) is 0.538. The van der Waals surface area contributed by atoms with E-state index in [1.54, 1.807) is 12.1 Å². The van der Waals surface area contributed by atoms with E-state index in [1.807, 2.05) is 19.1 Å². The maximum Gasteiger partial charge on any atom is 0.232 e. The van der Waals surface area contributed by atoms with E-state index in [-0.39, 0.29) is 5.75 Å². The van der Waals surface area contributed by atoms with Gasteiger partial charge in [-0.3, -0.25) is 4.72 Å². The zero-order chi connectivity index (χ0) is 13.4. The van der Waals surface area contributed by atoms with Gasteiger partial charge in [-0.2, -0.15) is 0 Å². The normalized spacial score (nSPS) is 11.4. The first-order valence-electron chi connectivity index (χ1n) is 6.37. The van der Waals surface area contributed by atoms with E-state index in [1.165, 1.54) is 0 Å². The second kappa shape index (κ2) is 7.38. The predicted octanol–water partition coefficient (Wildman–Crippen LogP) is 2.34. The Bertz CT molecular complexity index is 441. The topological polar surface area (TPSA) is 58.2 Å². The Morgan fingerprint density at radius 1 is 1.06 bits per heavy atom. The summed E-state index contributed by atoms with van der Waals surface area (Å²) in [7, 11) is -3.18. The Morgan fingerprint density at radius 3 is 2.28 bits per heavy atom. The van der Waals surface area contributed by atoms with Gasteiger partial charge < -0.3 is 5.32 Å². The zero-order valence-electron chi connectivity index (χ0n) is 11.1. The molecule has 1 aromatic rings. The lowest BCUT2D eigenvalue weighted by Gasteiger charge is -2.08. The van der Waals surface area contributed by atoms with Gasteiger partial charge in [-0.05, 0) is 37.1 Å². The van der Waals surface area contributed by atoms with Crippen LogP contribution in [0.5, 0.6) is 0 Å². The first-order valence-corrected chi connectivity index (χ1v) is 8.02. The lowest BCUT2D eigenvalue weighted by atomic mass is 10.2. The average Bonchev–Trinajstić information content (AvgIpc) is 2.31. The van der Waals surface area contributed by atoms with Crippen molar-refractivity contribution >= 4 is 15.7 Å². The first-order chi connectivity index (χ1) is 8.57. The lowest BCUT2D eigenvalue weighted by molar-refractivity contribution is 0.600. The molecular formula is C13H22N2O2S. The molecule has 0 atom stereocenters. The van der Waals surface area contributed by atoms with Gasteiger partial charge in [0.15, 0.2) is 0 Å². The lowest BCUT2D eigenvalue weighted by Crippen LogP contribution is -2.16. The van der Waals surface area contributed by atoms with Crippen molar-refractivity contribution in [3.8, 4) is 0 Å². The quantitative estimate of drug-likeness (QED) is 0.713. The number of benzene rings is 1. The van der Waals surface area contributed by atoms with E-state index in [9.17, 15) is 8.42 Å². The molecule has 0 fully saturated rings. The molecule has 1 aromatic carbocycles. The molecule has 5 heteroatoms. The van der Waals surface area contributed by atoms with Gasteiger partial charge in [-0.1, -0.05) is 26.0 Å². The van der Waals surface area contributed by atoms with E-state index < -0.39 is 10.0 Å². The van der Waals surface area contributed by atoms with Crippen LogP contribution in [0.4, 0.5) is 5.69 Å². The maximum atomic E-state index is 11.6. The highest BCUT2D eigenvalue weighted by molar-refractivity contribution is 7.92. The minimum absolute atomic E-state index is 0.160. The summed E-state index contributed by atoms with van der Waals surface area (Å²) in [5.41, 5.74) is 1.78. The largest absolute Gasteiger partial charge is 0.313 e. The van der Waals surface area contributed by atoms with E-state index in [0.29, 0.717) is 12.1 Å². The summed E-state index contributed by atoms with van der Waals surface area (Å²) in [6, 6.07) is 7.48. The molecule has 0 aliphatic carbocycles. The molecule has 1 rings (SSSR count). The SMILES string of the molecule is CCCNCc1ccc(NS(=O)(=O)CCC)cc1. The van der Waals surface area contributed by atoms with Crippen LogP contribution >= 0.6 is 0 Å². The third-order valence-corrected chi connectivity index (χ3v) is 3.95. The van der Waals surface area contributed by atoms with Crippen LogP contribution < -0.4 is 10.0 Å². The molecule has 0 heterocycles. The van der Waals surface area contributed by atoms with Gasteiger partial charge in [-0.25, -0.2) is 8.42 Å². The molecule has 0 aliphatic heterocycles. The van der Waals surface area contributed by atoms with E-state index in [0.717, 1.165) is 25.1 Å². The molecule has 0 aliphatic rings. The standard InChI is InChI=1S/C13H22N2O2S/c1-3-9-14-11-12-5-7-13(8-6-12)15-18(16,17)10-4-2/h5-8,14-15H,3-4,9-11H2,1-2H3. The number of rotatable bonds is 8. The highest BCUT2D eigenvalue weighted by atomic mass is 32.2. The summed E-state index contributed by atoms with van der Waals surface area (Å²) >= 11 is 0. The molecule has 0 saturated carbocycles. The van der Waals surface area contributed by atoms with Crippen LogP contribution in [-0.2, 0) is 16.6 Å². The van der Waals surface area contributed by atoms with Gasteiger partial charge in [0, 0.05) is 12.2 Å². The van der Waals surface area contributed by atoms with Gasteiger partial charge in [0.1, 0.15) is 0 Å². The summed E-state index contributed by atoms with van der Waals surface area (Å²) < 4.78 is 25.7. The molecule has 0 unspecified atom stereocenters. The molecule has 102 valence electrons. The zero-order valence-corrected chi connectivity index (χ0v) is 11.9. The summed E-state index contributed by atoms with van der Waals surface area (Å²) in [6.45, 7) is 5.78. The average molecular weight is 270 g/mol. The van der Waals surface area contributed by atoms with Gasteiger partial charge in [-0.15, -0.1) is 0 Å². The second-order valence-corrected chi connectivity index (χ2v) is 6.14. The fourth-order valence-corrected chi connectivity index (χ4v) is 2.73. The van der Waals surface area contributed by atoms with Crippen molar-refractivity contribution in [1.29, 1.82) is 0 Å². The van der Waals surface area contributed by atoms with Gasteiger partial charge in [0.25, 0.3) is 0 Å². The maximum absolute atomic E-state index is 11.6. The Labute approximate surface area is 110 Å². The summed E-state index contributed by atoms with van der Waals surface area (Å²) in [6.07, 6.45) is 1.73. The van der Waals surface area contributed by atoms with Crippen molar-refractivity contribution in [1.82, 2.24) is 5.32 Å². The van der Waals surface area contributed by atoms with Crippen molar-refractivity contribution < 1.29 is 8.42 Å². The molecule has 0 amide bonds. The van der Waals surface area contributed by atoms with Crippen LogP contribution in [0.15, 0.2) is 24.3 Å². The number of hydrogen-bond donors (Lipinski definition) is 2. The number of nitrogens with one attached hydrogen (secondary N) is 2. The summed E-state index contributed by atoms with van der Waals surface area (Å²) in [4.78, 5) is 0. The molecule has 0 spiro atoms. The van der Waals surface area contributed by atoms with Crippen LogP contribution in [0.1, 0.15) is 32.3 Å². The minimum Gasteiger partial charge on any atom is -0.313 e. The van der Waals surface area contributed by atoms with Crippen molar-refractivity contribution in [2.45, 2.75) is 33.2 Å². The van der Waals surface area contributed by atoms with Crippen molar-refractivity contribution in [3.63, 3.8) is 0 Å². The van der Waals surface area contributed by atoms with Crippen LogP contribution in [0.2, 0.25) is 0 Å². The van der Waals surface area contributed by atoms with Gasteiger partial charge >= 0.3 is 0 Å². The Balaban J connectivity index is 2.55. The van der Waals surface area contributed by atoms with E-state index >= 15 is 0 Å². The molecular weight excluding hydrogens is 248 g/mol. The minimum atomic E-state index is -3.18. The summed E-state index contributed by atoms with van der Waals surface area (Å²) in [5.74, 6) is 0.160. The third-order valence-electron chi connectivity index (χ3n) is 2.46.